The van der Waals surface area contributed by atoms with Crippen LogP contribution < -0.4 is 10.1 Å². The fraction of sp³-hybridized carbons (Fsp3) is 0.591. The van der Waals surface area contributed by atoms with E-state index in [1.54, 1.807) is 0 Å². The van der Waals surface area contributed by atoms with E-state index in [-0.39, 0.29) is 11.2 Å². The summed E-state index contributed by atoms with van der Waals surface area (Å²) in [6, 6.07) is 9.67. The minimum Gasteiger partial charge on any atom is -0.486 e. The lowest BCUT2D eigenvalue weighted by Gasteiger charge is -2.15. The Balaban J connectivity index is 1.97. The standard InChI is InChI=1S/C22H34N4O3S/c1-5-28-15-9-13-23-21(27)18(4)30-22-25-24-20(26(22)14-12-17(2)3)16-29-19-10-7-6-8-11-19/h6-8,10-11,17-18H,5,9,12-16H2,1-4H3,(H,23,27). The summed E-state index contributed by atoms with van der Waals surface area (Å²) in [6.45, 7) is 11.3. The molecule has 2 rings (SSSR count). The van der Waals surface area contributed by atoms with E-state index in [2.05, 4.69) is 33.9 Å². The maximum absolute atomic E-state index is 12.4. The highest BCUT2D eigenvalue weighted by atomic mass is 32.2. The Labute approximate surface area is 183 Å². The number of thioether (sulfide) groups is 1. The Morgan fingerprint density at radius 3 is 2.67 bits per heavy atom. The van der Waals surface area contributed by atoms with Gasteiger partial charge in [0.2, 0.25) is 5.91 Å². The molecule has 1 atom stereocenters. The highest BCUT2D eigenvalue weighted by Crippen LogP contribution is 2.24. The number of amides is 1. The van der Waals surface area contributed by atoms with Crippen molar-refractivity contribution in [3.05, 3.63) is 36.2 Å². The molecule has 30 heavy (non-hydrogen) atoms. The van der Waals surface area contributed by atoms with E-state index >= 15 is 0 Å². The minimum atomic E-state index is -0.262. The molecule has 1 aromatic carbocycles. The lowest BCUT2D eigenvalue weighted by molar-refractivity contribution is -0.120. The molecule has 7 nitrogen and oxygen atoms in total. The second-order valence-electron chi connectivity index (χ2n) is 7.44. The molecule has 0 bridgehead atoms. The molecular weight excluding hydrogens is 400 g/mol. The van der Waals surface area contributed by atoms with Crippen LogP contribution in [0, 0.1) is 5.92 Å². The molecule has 1 N–H and O–H groups in total. The van der Waals surface area contributed by atoms with Gasteiger partial charge in [-0.05, 0) is 44.7 Å². The van der Waals surface area contributed by atoms with Gasteiger partial charge in [0, 0.05) is 26.3 Å². The number of carbonyl (C=O) groups excluding carboxylic acids is 1. The molecule has 166 valence electrons. The summed E-state index contributed by atoms with van der Waals surface area (Å²) in [5.41, 5.74) is 0. The van der Waals surface area contributed by atoms with Gasteiger partial charge in [-0.25, -0.2) is 0 Å². The summed E-state index contributed by atoms with van der Waals surface area (Å²) in [4.78, 5) is 12.4. The molecule has 1 heterocycles. The third kappa shape index (κ3) is 8.36. The summed E-state index contributed by atoms with van der Waals surface area (Å²) in [6.07, 6.45) is 1.81. The highest BCUT2D eigenvalue weighted by molar-refractivity contribution is 8.00. The molecule has 2 aromatic rings. The lowest BCUT2D eigenvalue weighted by atomic mass is 10.1. The van der Waals surface area contributed by atoms with Crippen LogP contribution in [0.4, 0.5) is 0 Å². The third-order valence-corrected chi connectivity index (χ3v) is 5.54. The van der Waals surface area contributed by atoms with E-state index in [9.17, 15) is 4.79 Å². The third-order valence-electron chi connectivity index (χ3n) is 4.45. The van der Waals surface area contributed by atoms with E-state index in [1.165, 1.54) is 11.8 Å². The molecular formula is C22H34N4O3S. The Morgan fingerprint density at radius 2 is 1.97 bits per heavy atom. The summed E-state index contributed by atoms with van der Waals surface area (Å²) >= 11 is 1.43. The average Bonchev–Trinajstić information content (AvgIpc) is 3.12. The fourth-order valence-corrected chi connectivity index (χ4v) is 3.59. The van der Waals surface area contributed by atoms with Crippen molar-refractivity contribution in [2.75, 3.05) is 19.8 Å². The first-order valence-corrected chi connectivity index (χ1v) is 11.5. The van der Waals surface area contributed by atoms with Crippen molar-refractivity contribution in [2.24, 2.45) is 5.92 Å². The molecule has 0 fully saturated rings. The molecule has 0 spiro atoms. The lowest BCUT2D eigenvalue weighted by Crippen LogP contribution is -2.32. The Morgan fingerprint density at radius 1 is 1.20 bits per heavy atom. The first kappa shape index (κ1) is 24.2. The molecule has 0 aliphatic rings. The topological polar surface area (TPSA) is 78.3 Å². The molecule has 1 aromatic heterocycles. The predicted molar refractivity (Wildman–Crippen MR) is 120 cm³/mol. The van der Waals surface area contributed by atoms with Crippen molar-refractivity contribution >= 4 is 17.7 Å². The first-order chi connectivity index (χ1) is 14.5. The van der Waals surface area contributed by atoms with E-state index in [1.807, 2.05) is 44.2 Å². The van der Waals surface area contributed by atoms with Gasteiger partial charge < -0.3 is 19.4 Å². The maximum Gasteiger partial charge on any atom is 0.233 e. The smallest absolute Gasteiger partial charge is 0.233 e. The predicted octanol–water partition coefficient (Wildman–Crippen LogP) is 3.93. The minimum absolute atomic E-state index is 0.00278. The van der Waals surface area contributed by atoms with Crippen molar-refractivity contribution in [3.63, 3.8) is 0 Å². The van der Waals surface area contributed by atoms with Crippen molar-refractivity contribution < 1.29 is 14.3 Å². The van der Waals surface area contributed by atoms with E-state index in [0.717, 1.165) is 36.1 Å². The molecule has 1 unspecified atom stereocenters. The number of nitrogens with one attached hydrogen (secondary N) is 1. The highest BCUT2D eigenvalue weighted by Gasteiger charge is 2.20. The van der Waals surface area contributed by atoms with E-state index in [4.69, 9.17) is 9.47 Å². The number of para-hydroxylation sites is 1. The molecule has 0 saturated carbocycles. The second-order valence-corrected chi connectivity index (χ2v) is 8.74. The van der Waals surface area contributed by atoms with Gasteiger partial charge in [-0.3, -0.25) is 4.79 Å². The summed E-state index contributed by atoms with van der Waals surface area (Å²) < 4.78 is 13.2. The molecule has 8 heteroatoms. The largest absolute Gasteiger partial charge is 0.486 e. The Hall–Kier alpha value is -2.06. The van der Waals surface area contributed by atoms with E-state index < -0.39 is 0 Å². The number of aromatic nitrogens is 3. The maximum atomic E-state index is 12.4. The molecule has 1 amide bonds. The zero-order valence-electron chi connectivity index (χ0n) is 18.5. The zero-order chi connectivity index (χ0) is 21.8. The first-order valence-electron chi connectivity index (χ1n) is 10.6. The summed E-state index contributed by atoms with van der Waals surface area (Å²) in [5.74, 6) is 2.12. The van der Waals surface area contributed by atoms with Crippen molar-refractivity contribution in [3.8, 4) is 5.75 Å². The van der Waals surface area contributed by atoms with Crippen molar-refractivity contribution in [1.82, 2.24) is 20.1 Å². The zero-order valence-corrected chi connectivity index (χ0v) is 19.3. The van der Waals surface area contributed by atoms with Crippen LogP contribution in [0.1, 0.15) is 46.4 Å². The van der Waals surface area contributed by atoms with Gasteiger partial charge >= 0.3 is 0 Å². The van der Waals surface area contributed by atoms with Gasteiger partial charge in [0.25, 0.3) is 0 Å². The van der Waals surface area contributed by atoms with Crippen LogP contribution in [0.3, 0.4) is 0 Å². The SMILES string of the molecule is CCOCCCNC(=O)C(C)Sc1nnc(COc2ccccc2)n1CCC(C)C. The number of hydrogen-bond donors (Lipinski definition) is 1. The van der Waals surface area contributed by atoms with Gasteiger partial charge in [0.15, 0.2) is 11.0 Å². The molecule has 0 aliphatic carbocycles. The number of nitrogens with zero attached hydrogens (tertiary/aromatic N) is 3. The number of hydrogen-bond acceptors (Lipinski definition) is 6. The van der Waals surface area contributed by atoms with Crippen molar-refractivity contribution in [2.45, 2.75) is 64.1 Å². The molecule has 0 saturated heterocycles. The van der Waals surface area contributed by atoms with Crippen LogP contribution in [-0.4, -0.2) is 45.7 Å². The van der Waals surface area contributed by atoms with Gasteiger partial charge in [-0.15, -0.1) is 10.2 Å². The number of benzene rings is 1. The number of carbonyl (C=O) groups is 1. The van der Waals surface area contributed by atoms with Crippen molar-refractivity contribution in [1.29, 1.82) is 0 Å². The Kier molecular flexibility index (Phi) is 10.7. The fourth-order valence-electron chi connectivity index (χ4n) is 2.67. The average molecular weight is 435 g/mol. The van der Waals surface area contributed by atoms with Crippen LogP contribution in [0.15, 0.2) is 35.5 Å². The molecule has 0 aliphatic heterocycles. The summed E-state index contributed by atoms with van der Waals surface area (Å²) in [5, 5.41) is 12.1. The van der Waals surface area contributed by atoms with Gasteiger partial charge in [-0.2, -0.15) is 0 Å². The van der Waals surface area contributed by atoms with Crippen LogP contribution in [-0.2, 0) is 22.7 Å². The van der Waals surface area contributed by atoms with Crippen LogP contribution >= 0.6 is 11.8 Å². The van der Waals surface area contributed by atoms with Gasteiger partial charge in [0.1, 0.15) is 12.4 Å². The number of rotatable bonds is 14. The van der Waals surface area contributed by atoms with Crippen LogP contribution in [0.25, 0.3) is 0 Å². The quantitative estimate of drug-likeness (QED) is 0.359. The number of ether oxygens (including phenoxy) is 2. The monoisotopic (exact) mass is 434 g/mol. The molecule has 0 radical (unpaired) electrons. The van der Waals surface area contributed by atoms with Crippen LogP contribution in [0.5, 0.6) is 5.75 Å². The normalized spacial score (nSPS) is 12.2. The van der Waals surface area contributed by atoms with Gasteiger partial charge in [-0.1, -0.05) is 43.8 Å². The van der Waals surface area contributed by atoms with E-state index in [0.29, 0.717) is 32.3 Å². The summed E-state index contributed by atoms with van der Waals surface area (Å²) in [7, 11) is 0. The van der Waals surface area contributed by atoms with Gasteiger partial charge in [0.05, 0.1) is 5.25 Å². The Bertz CT molecular complexity index is 752. The second kappa shape index (κ2) is 13.3. The van der Waals surface area contributed by atoms with Crippen LogP contribution in [0.2, 0.25) is 0 Å².